The van der Waals surface area contributed by atoms with Crippen molar-refractivity contribution in [2.24, 2.45) is 0 Å². The van der Waals surface area contributed by atoms with Crippen molar-refractivity contribution in [3.63, 3.8) is 0 Å². The quantitative estimate of drug-likeness (QED) is 0.261. The lowest BCUT2D eigenvalue weighted by Crippen LogP contribution is -2.18. The van der Waals surface area contributed by atoms with Crippen LogP contribution in [0.4, 0.5) is 0 Å². The summed E-state index contributed by atoms with van der Waals surface area (Å²) < 4.78 is 0. The van der Waals surface area contributed by atoms with Crippen molar-refractivity contribution in [3.8, 4) is 33.4 Å². The SMILES string of the molecule is CC(C)(C)c1cc(-c2ccc(-c3ccccc3)c3c2C(C)(C)c2cc(Cl)ccc2-3)cc(C(C)(C)C)c1. The molecule has 1 heteroatoms. The van der Waals surface area contributed by atoms with Gasteiger partial charge in [-0.3, -0.25) is 0 Å². The van der Waals surface area contributed by atoms with Gasteiger partial charge in [-0.1, -0.05) is 134 Å². The normalized spacial score (nSPS) is 14.5. The summed E-state index contributed by atoms with van der Waals surface area (Å²) in [6, 6.07) is 29.1. The van der Waals surface area contributed by atoms with Crippen molar-refractivity contribution in [1.82, 2.24) is 0 Å². The summed E-state index contributed by atoms with van der Waals surface area (Å²) in [7, 11) is 0. The fraction of sp³-hybridized carbons (Fsp3) is 0.314. The van der Waals surface area contributed by atoms with Crippen LogP contribution in [0.25, 0.3) is 33.4 Å². The molecule has 0 radical (unpaired) electrons. The van der Waals surface area contributed by atoms with E-state index >= 15 is 0 Å². The predicted octanol–water partition coefficient (Wildman–Crippen LogP) is 10.6. The summed E-state index contributed by atoms with van der Waals surface area (Å²) in [4.78, 5) is 0. The van der Waals surface area contributed by atoms with E-state index in [2.05, 4.69) is 128 Å². The van der Waals surface area contributed by atoms with E-state index in [4.69, 9.17) is 11.6 Å². The van der Waals surface area contributed by atoms with Gasteiger partial charge in [-0.2, -0.15) is 0 Å². The minimum absolute atomic E-state index is 0.0647. The summed E-state index contributed by atoms with van der Waals surface area (Å²) in [6.07, 6.45) is 0. The molecule has 0 fully saturated rings. The molecule has 0 saturated heterocycles. The summed E-state index contributed by atoms with van der Waals surface area (Å²) in [5, 5.41) is 0.794. The van der Waals surface area contributed by atoms with Gasteiger partial charge in [-0.15, -0.1) is 0 Å². The Morgan fingerprint density at radius 3 is 1.72 bits per heavy atom. The largest absolute Gasteiger partial charge is 0.0843 e. The third kappa shape index (κ3) is 4.10. The second-order valence-corrected chi connectivity index (χ2v) is 13.3. The minimum atomic E-state index is -0.171. The van der Waals surface area contributed by atoms with E-state index in [0.29, 0.717) is 0 Å². The lowest BCUT2D eigenvalue weighted by molar-refractivity contribution is 0.569. The molecule has 0 aromatic heterocycles. The Hall–Kier alpha value is -2.83. The molecule has 0 unspecified atom stereocenters. The molecular formula is C35H37Cl. The first-order chi connectivity index (χ1) is 16.8. The van der Waals surface area contributed by atoms with Crippen molar-refractivity contribution in [3.05, 3.63) is 106 Å². The lowest BCUT2D eigenvalue weighted by atomic mass is 9.75. The third-order valence-corrected chi connectivity index (χ3v) is 8.05. The second-order valence-electron chi connectivity index (χ2n) is 12.9. The Morgan fingerprint density at radius 1 is 0.583 bits per heavy atom. The molecule has 36 heavy (non-hydrogen) atoms. The Labute approximate surface area is 222 Å². The highest BCUT2D eigenvalue weighted by Crippen LogP contribution is 2.56. The van der Waals surface area contributed by atoms with E-state index in [1.165, 1.54) is 55.6 Å². The van der Waals surface area contributed by atoms with E-state index in [1.807, 2.05) is 6.07 Å². The molecule has 0 amide bonds. The van der Waals surface area contributed by atoms with Gasteiger partial charge >= 0.3 is 0 Å². The molecule has 0 aliphatic heterocycles. The van der Waals surface area contributed by atoms with Gasteiger partial charge in [0.15, 0.2) is 0 Å². The molecule has 0 bridgehead atoms. The first-order valence-corrected chi connectivity index (χ1v) is 13.4. The van der Waals surface area contributed by atoms with Crippen molar-refractivity contribution < 1.29 is 0 Å². The van der Waals surface area contributed by atoms with Gasteiger partial charge in [0.05, 0.1) is 0 Å². The average molecular weight is 493 g/mol. The zero-order valence-electron chi connectivity index (χ0n) is 22.9. The second kappa shape index (κ2) is 8.35. The number of fused-ring (bicyclic) bond motifs is 3. The highest BCUT2D eigenvalue weighted by molar-refractivity contribution is 6.30. The van der Waals surface area contributed by atoms with Gasteiger partial charge < -0.3 is 0 Å². The molecule has 1 aliphatic carbocycles. The number of hydrogen-bond donors (Lipinski definition) is 0. The highest BCUT2D eigenvalue weighted by atomic mass is 35.5. The first kappa shape index (κ1) is 24.8. The monoisotopic (exact) mass is 492 g/mol. The number of benzene rings is 4. The Bertz CT molecular complexity index is 1430. The van der Waals surface area contributed by atoms with Crippen LogP contribution in [0.5, 0.6) is 0 Å². The van der Waals surface area contributed by atoms with E-state index in [-0.39, 0.29) is 16.2 Å². The number of halogens is 1. The minimum Gasteiger partial charge on any atom is -0.0843 e. The molecule has 0 heterocycles. The number of hydrogen-bond acceptors (Lipinski definition) is 0. The first-order valence-electron chi connectivity index (χ1n) is 13.0. The maximum atomic E-state index is 6.55. The molecule has 4 aromatic rings. The van der Waals surface area contributed by atoms with Gasteiger partial charge in [-0.25, -0.2) is 0 Å². The van der Waals surface area contributed by atoms with E-state index in [0.717, 1.165) is 5.02 Å². The highest BCUT2D eigenvalue weighted by Gasteiger charge is 2.39. The van der Waals surface area contributed by atoms with Gasteiger partial charge in [0, 0.05) is 10.4 Å². The van der Waals surface area contributed by atoms with Crippen LogP contribution in [-0.4, -0.2) is 0 Å². The van der Waals surface area contributed by atoms with Gasteiger partial charge in [-0.05, 0) is 78.6 Å². The molecule has 0 nitrogen and oxygen atoms in total. The van der Waals surface area contributed by atoms with Gasteiger partial charge in [0.1, 0.15) is 0 Å². The van der Waals surface area contributed by atoms with Gasteiger partial charge in [0.2, 0.25) is 0 Å². The van der Waals surface area contributed by atoms with E-state index in [9.17, 15) is 0 Å². The van der Waals surface area contributed by atoms with Crippen LogP contribution in [0.2, 0.25) is 5.02 Å². The van der Waals surface area contributed by atoms with Crippen LogP contribution >= 0.6 is 11.6 Å². The maximum Gasteiger partial charge on any atom is 0.0409 e. The summed E-state index contributed by atoms with van der Waals surface area (Å²) >= 11 is 6.55. The molecular weight excluding hydrogens is 456 g/mol. The Balaban J connectivity index is 1.88. The number of rotatable bonds is 2. The summed E-state index contributed by atoms with van der Waals surface area (Å²) in [5.74, 6) is 0. The zero-order valence-corrected chi connectivity index (χ0v) is 23.6. The average Bonchev–Trinajstić information content (AvgIpc) is 3.05. The molecule has 0 spiro atoms. The van der Waals surface area contributed by atoms with Crippen molar-refractivity contribution >= 4 is 11.6 Å². The van der Waals surface area contributed by atoms with Crippen molar-refractivity contribution in [2.45, 2.75) is 71.6 Å². The molecule has 1 aliphatic rings. The lowest BCUT2D eigenvalue weighted by Gasteiger charge is -2.29. The van der Waals surface area contributed by atoms with E-state index < -0.39 is 0 Å². The topological polar surface area (TPSA) is 0 Å². The maximum absolute atomic E-state index is 6.55. The third-order valence-electron chi connectivity index (χ3n) is 7.82. The van der Waals surface area contributed by atoms with Crippen LogP contribution in [0.3, 0.4) is 0 Å². The van der Waals surface area contributed by atoms with Crippen LogP contribution in [0.15, 0.2) is 78.9 Å². The summed E-state index contributed by atoms with van der Waals surface area (Å²) in [6.45, 7) is 18.6. The van der Waals surface area contributed by atoms with Crippen LogP contribution < -0.4 is 0 Å². The Kier molecular flexibility index (Phi) is 5.77. The summed E-state index contributed by atoms with van der Waals surface area (Å²) in [5.41, 5.74) is 13.2. The van der Waals surface area contributed by atoms with Gasteiger partial charge in [0.25, 0.3) is 0 Å². The van der Waals surface area contributed by atoms with E-state index in [1.54, 1.807) is 0 Å². The molecule has 184 valence electrons. The van der Waals surface area contributed by atoms with Crippen molar-refractivity contribution in [1.29, 1.82) is 0 Å². The molecule has 5 rings (SSSR count). The standard InChI is InChI=1S/C35H37Cl/c1-33(2,3)24-18-23(19-25(20-24)34(4,5)6)28-17-16-27(22-12-10-9-11-13-22)31-29-15-14-26(36)21-30(29)35(7,8)32(28)31/h9-21H,1-8H3. The van der Waals surface area contributed by atoms with Crippen molar-refractivity contribution in [2.75, 3.05) is 0 Å². The smallest absolute Gasteiger partial charge is 0.0409 e. The fourth-order valence-electron chi connectivity index (χ4n) is 5.67. The predicted molar refractivity (Wildman–Crippen MR) is 157 cm³/mol. The van der Waals surface area contributed by atoms with Crippen LogP contribution in [-0.2, 0) is 16.2 Å². The fourth-order valence-corrected chi connectivity index (χ4v) is 5.84. The molecule has 0 atom stereocenters. The molecule has 0 N–H and O–H groups in total. The molecule has 0 saturated carbocycles. The Morgan fingerprint density at radius 2 is 1.14 bits per heavy atom. The van der Waals surface area contributed by atoms with Crippen LogP contribution in [0.1, 0.15) is 77.6 Å². The zero-order chi connectivity index (χ0) is 26.0. The van der Waals surface area contributed by atoms with Crippen LogP contribution in [0, 0.1) is 0 Å². The molecule has 4 aromatic carbocycles.